The molecule has 1 saturated heterocycles. The summed E-state index contributed by atoms with van der Waals surface area (Å²) in [5.41, 5.74) is 3.57. The van der Waals surface area contributed by atoms with Gasteiger partial charge in [-0.15, -0.1) is 0 Å². The molecular formula is C19H29NO. The Morgan fingerprint density at radius 3 is 2.76 bits per heavy atom. The fourth-order valence-corrected chi connectivity index (χ4v) is 4.39. The molecule has 0 amide bonds. The normalized spacial score (nSPS) is 28.1. The number of aliphatic hydroxyl groups is 1. The van der Waals surface area contributed by atoms with Gasteiger partial charge in [0.2, 0.25) is 0 Å². The zero-order valence-electron chi connectivity index (χ0n) is 13.5. The Bertz CT molecular complexity index is 482. The fourth-order valence-electron chi connectivity index (χ4n) is 4.39. The molecule has 3 atom stereocenters. The lowest BCUT2D eigenvalue weighted by Gasteiger charge is -2.45. The first-order chi connectivity index (χ1) is 10.1. The molecule has 1 aliphatic heterocycles. The number of rotatable bonds is 3. The lowest BCUT2D eigenvalue weighted by Crippen LogP contribution is -2.48. The Balaban J connectivity index is 1.71. The highest BCUT2D eigenvalue weighted by molar-refractivity contribution is 5.32. The van der Waals surface area contributed by atoms with Crippen molar-refractivity contribution < 1.29 is 5.11 Å². The maximum absolute atomic E-state index is 10.7. The summed E-state index contributed by atoms with van der Waals surface area (Å²) in [6.07, 6.45) is 7.89. The van der Waals surface area contributed by atoms with E-state index in [2.05, 4.69) is 36.9 Å². The number of hydrogen-bond acceptors (Lipinski definition) is 2. The molecule has 2 heteroatoms. The SMILES string of the molecule is Cc1ccc(C)c(C(O)CN2CCC[C@H]3CCCC[C@H]32)c1. The molecule has 1 unspecified atom stereocenters. The molecule has 1 saturated carbocycles. The van der Waals surface area contributed by atoms with Gasteiger partial charge in [0.15, 0.2) is 0 Å². The van der Waals surface area contributed by atoms with E-state index >= 15 is 0 Å². The predicted molar refractivity (Wildman–Crippen MR) is 87.4 cm³/mol. The van der Waals surface area contributed by atoms with Crippen molar-refractivity contribution in [3.63, 3.8) is 0 Å². The van der Waals surface area contributed by atoms with Crippen LogP contribution in [0, 0.1) is 19.8 Å². The van der Waals surface area contributed by atoms with Gasteiger partial charge in [0, 0.05) is 12.6 Å². The van der Waals surface area contributed by atoms with Gasteiger partial charge in [0.1, 0.15) is 0 Å². The van der Waals surface area contributed by atoms with Crippen LogP contribution >= 0.6 is 0 Å². The summed E-state index contributed by atoms with van der Waals surface area (Å²) < 4.78 is 0. The van der Waals surface area contributed by atoms with Crippen LogP contribution in [-0.2, 0) is 0 Å². The second-order valence-electron chi connectivity index (χ2n) is 7.12. The third kappa shape index (κ3) is 3.32. The van der Waals surface area contributed by atoms with Crippen molar-refractivity contribution in [2.24, 2.45) is 5.92 Å². The Kier molecular flexibility index (Phi) is 4.66. The quantitative estimate of drug-likeness (QED) is 0.908. The number of β-amino-alcohol motifs (C(OH)–C–C–N with tert-alkyl or cyclic N) is 1. The number of fused-ring (bicyclic) bond motifs is 1. The Labute approximate surface area is 129 Å². The molecule has 1 aromatic rings. The smallest absolute Gasteiger partial charge is 0.0919 e. The summed E-state index contributed by atoms with van der Waals surface area (Å²) in [6, 6.07) is 7.15. The number of hydrogen-bond donors (Lipinski definition) is 1. The molecule has 116 valence electrons. The second kappa shape index (κ2) is 6.50. The van der Waals surface area contributed by atoms with Crippen LogP contribution in [0.15, 0.2) is 18.2 Å². The first-order valence-corrected chi connectivity index (χ1v) is 8.64. The van der Waals surface area contributed by atoms with Crippen molar-refractivity contribution in [2.75, 3.05) is 13.1 Å². The highest BCUT2D eigenvalue weighted by Gasteiger charge is 2.34. The number of benzene rings is 1. The third-order valence-electron chi connectivity index (χ3n) is 5.56. The maximum atomic E-state index is 10.7. The van der Waals surface area contributed by atoms with Gasteiger partial charge in [-0.25, -0.2) is 0 Å². The van der Waals surface area contributed by atoms with E-state index in [0.29, 0.717) is 0 Å². The molecule has 0 aromatic heterocycles. The van der Waals surface area contributed by atoms with Crippen LogP contribution in [0.4, 0.5) is 0 Å². The summed E-state index contributed by atoms with van der Waals surface area (Å²) in [4.78, 5) is 2.58. The van der Waals surface area contributed by atoms with Gasteiger partial charge in [-0.05, 0) is 63.1 Å². The van der Waals surface area contributed by atoms with Gasteiger partial charge in [-0.1, -0.05) is 36.6 Å². The number of likely N-dealkylation sites (tertiary alicyclic amines) is 1. The van der Waals surface area contributed by atoms with Crippen molar-refractivity contribution in [1.29, 1.82) is 0 Å². The number of piperidine rings is 1. The molecule has 1 aromatic carbocycles. The molecule has 0 spiro atoms. The van der Waals surface area contributed by atoms with Gasteiger partial charge in [-0.2, -0.15) is 0 Å². The van der Waals surface area contributed by atoms with Crippen LogP contribution in [0.5, 0.6) is 0 Å². The van der Waals surface area contributed by atoms with Crippen molar-refractivity contribution in [3.8, 4) is 0 Å². The zero-order valence-corrected chi connectivity index (χ0v) is 13.5. The van der Waals surface area contributed by atoms with Crippen LogP contribution in [0.2, 0.25) is 0 Å². The minimum atomic E-state index is -0.342. The minimum Gasteiger partial charge on any atom is -0.387 e. The van der Waals surface area contributed by atoms with Crippen LogP contribution in [0.1, 0.15) is 61.3 Å². The topological polar surface area (TPSA) is 23.5 Å². The minimum absolute atomic E-state index is 0.342. The largest absolute Gasteiger partial charge is 0.387 e. The average Bonchev–Trinajstić information content (AvgIpc) is 2.50. The molecule has 2 fully saturated rings. The lowest BCUT2D eigenvalue weighted by molar-refractivity contribution is 0.0203. The van der Waals surface area contributed by atoms with Crippen molar-refractivity contribution in [2.45, 2.75) is 64.5 Å². The Hall–Kier alpha value is -0.860. The average molecular weight is 287 g/mol. The van der Waals surface area contributed by atoms with E-state index in [9.17, 15) is 5.11 Å². The van der Waals surface area contributed by atoms with Crippen molar-refractivity contribution >= 4 is 0 Å². The molecule has 1 aliphatic carbocycles. The summed E-state index contributed by atoms with van der Waals surface area (Å²) >= 11 is 0. The van der Waals surface area contributed by atoms with Gasteiger partial charge in [0.05, 0.1) is 6.10 Å². The summed E-state index contributed by atoms with van der Waals surface area (Å²) in [6.45, 7) is 6.19. The molecule has 2 aliphatic rings. The van der Waals surface area contributed by atoms with Gasteiger partial charge < -0.3 is 5.11 Å². The summed E-state index contributed by atoms with van der Waals surface area (Å²) in [5, 5.41) is 10.7. The Morgan fingerprint density at radius 2 is 1.90 bits per heavy atom. The molecule has 3 rings (SSSR count). The predicted octanol–water partition coefficient (Wildman–Crippen LogP) is 3.99. The molecule has 0 bridgehead atoms. The Morgan fingerprint density at radius 1 is 1.14 bits per heavy atom. The highest BCUT2D eigenvalue weighted by atomic mass is 16.3. The molecular weight excluding hydrogens is 258 g/mol. The zero-order chi connectivity index (χ0) is 14.8. The monoisotopic (exact) mass is 287 g/mol. The first-order valence-electron chi connectivity index (χ1n) is 8.64. The van der Waals surface area contributed by atoms with E-state index in [1.807, 2.05) is 0 Å². The van der Waals surface area contributed by atoms with Gasteiger partial charge >= 0.3 is 0 Å². The van der Waals surface area contributed by atoms with Crippen molar-refractivity contribution in [3.05, 3.63) is 34.9 Å². The van der Waals surface area contributed by atoms with E-state index in [0.717, 1.165) is 24.1 Å². The van der Waals surface area contributed by atoms with Crippen LogP contribution in [0.3, 0.4) is 0 Å². The highest BCUT2D eigenvalue weighted by Crippen LogP contribution is 2.36. The summed E-state index contributed by atoms with van der Waals surface area (Å²) in [5.74, 6) is 0.887. The maximum Gasteiger partial charge on any atom is 0.0919 e. The standard InChI is InChI=1S/C19H29NO/c1-14-9-10-15(2)17(12-14)19(21)13-20-11-5-7-16-6-3-4-8-18(16)20/h9-10,12,16,18-19,21H,3-8,11,13H2,1-2H3/t16-,18-,19?/m1/s1. The molecule has 0 radical (unpaired) electrons. The lowest BCUT2D eigenvalue weighted by atomic mass is 9.78. The van der Waals surface area contributed by atoms with E-state index in [1.54, 1.807) is 0 Å². The van der Waals surface area contributed by atoms with Crippen molar-refractivity contribution in [1.82, 2.24) is 4.90 Å². The van der Waals surface area contributed by atoms with Crippen LogP contribution < -0.4 is 0 Å². The van der Waals surface area contributed by atoms with E-state index in [1.165, 1.54) is 56.2 Å². The molecule has 1 heterocycles. The summed E-state index contributed by atoms with van der Waals surface area (Å²) in [7, 11) is 0. The number of aryl methyl sites for hydroxylation is 2. The molecule has 21 heavy (non-hydrogen) atoms. The van der Waals surface area contributed by atoms with Crippen LogP contribution in [-0.4, -0.2) is 29.1 Å². The van der Waals surface area contributed by atoms with E-state index < -0.39 is 0 Å². The first kappa shape index (κ1) is 15.1. The number of aliphatic hydroxyl groups excluding tert-OH is 1. The molecule has 2 nitrogen and oxygen atoms in total. The second-order valence-corrected chi connectivity index (χ2v) is 7.12. The van der Waals surface area contributed by atoms with Gasteiger partial charge in [0.25, 0.3) is 0 Å². The van der Waals surface area contributed by atoms with E-state index in [4.69, 9.17) is 0 Å². The third-order valence-corrected chi connectivity index (χ3v) is 5.56. The van der Waals surface area contributed by atoms with Crippen LogP contribution in [0.25, 0.3) is 0 Å². The number of nitrogens with zero attached hydrogens (tertiary/aromatic N) is 1. The fraction of sp³-hybridized carbons (Fsp3) is 0.684. The van der Waals surface area contributed by atoms with Gasteiger partial charge in [-0.3, -0.25) is 4.90 Å². The van der Waals surface area contributed by atoms with E-state index in [-0.39, 0.29) is 6.10 Å². The molecule has 1 N–H and O–H groups in total.